The summed E-state index contributed by atoms with van der Waals surface area (Å²) in [7, 11) is 2.99. The summed E-state index contributed by atoms with van der Waals surface area (Å²) in [6.07, 6.45) is 8.55. The van der Waals surface area contributed by atoms with E-state index in [1.165, 1.54) is 46.3 Å². The fourth-order valence-corrected chi connectivity index (χ4v) is 2.90. The molecule has 1 unspecified atom stereocenters. The van der Waals surface area contributed by atoms with Crippen molar-refractivity contribution in [1.82, 2.24) is 0 Å². The molecule has 0 N–H and O–H groups in total. The fraction of sp³-hybridized carbons (Fsp3) is 0.684. The molecule has 0 amide bonds. The maximum Gasteiger partial charge on any atom is 0.261 e. The van der Waals surface area contributed by atoms with Crippen LogP contribution in [0, 0.1) is 5.92 Å². The Morgan fingerprint density at radius 2 is 1.43 bits per heavy atom. The number of hydrogen-bond donors (Lipinski definition) is 0. The Bertz CT molecular complexity index is 388. The van der Waals surface area contributed by atoms with Gasteiger partial charge in [-0.15, -0.1) is 0 Å². The molecule has 1 aromatic carbocycles. The lowest BCUT2D eigenvalue weighted by molar-refractivity contribution is -0.522. The third-order valence-corrected chi connectivity index (χ3v) is 4.23. The van der Waals surface area contributed by atoms with Gasteiger partial charge in [0.2, 0.25) is 0 Å². The number of hydrogen-bond acceptors (Lipinski definition) is 4. The van der Waals surface area contributed by atoms with Crippen LogP contribution < -0.4 is 0 Å². The molecule has 0 saturated carbocycles. The second-order valence-electron chi connectivity index (χ2n) is 5.99. The summed E-state index contributed by atoms with van der Waals surface area (Å²) in [5, 5.41) is 0. The van der Waals surface area contributed by atoms with Crippen molar-refractivity contribution in [3.05, 3.63) is 35.9 Å². The molecule has 1 aromatic rings. The summed E-state index contributed by atoms with van der Waals surface area (Å²) in [4.78, 5) is 21.1. The average Bonchev–Trinajstić information content (AvgIpc) is 2.58. The first kappa shape index (κ1) is 20.1. The van der Waals surface area contributed by atoms with E-state index in [9.17, 15) is 0 Å². The first-order valence-electron chi connectivity index (χ1n) is 8.70. The first-order valence-corrected chi connectivity index (χ1v) is 8.70. The molecule has 132 valence electrons. The van der Waals surface area contributed by atoms with Crippen LogP contribution in [0.1, 0.15) is 64.4 Å². The molecule has 0 fully saturated rings. The Morgan fingerprint density at radius 3 is 2.00 bits per heavy atom. The summed E-state index contributed by atoms with van der Waals surface area (Å²) in [5.74, 6) is -0.954. The summed E-state index contributed by atoms with van der Waals surface area (Å²) in [5.41, 5.74) is 0.891. The standard InChI is InChI=1S/C19H32O4/c1-5-6-7-8-9-11-14-17(2)19(22-20-3,23-21-4)18-15-12-10-13-16-18/h10,12-13,15-17H,5-9,11,14H2,1-4H3. The van der Waals surface area contributed by atoms with Gasteiger partial charge in [0, 0.05) is 11.5 Å². The lowest BCUT2D eigenvalue weighted by atomic mass is 9.88. The molecule has 0 aliphatic heterocycles. The van der Waals surface area contributed by atoms with Crippen molar-refractivity contribution in [3.63, 3.8) is 0 Å². The number of unbranched alkanes of at least 4 members (excludes halogenated alkanes) is 5. The predicted octanol–water partition coefficient (Wildman–Crippen LogP) is 5.38. The Balaban J connectivity index is 2.70. The van der Waals surface area contributed by atoms with Gasteiger partial charge in [-0.25, -0.2) is 9.78 Å². The highest BCUT2D eigenvalue weighted by Crippen LogP contribution is 2.38. The van der Waals surface area contributed by atoms with E-state index in [0.29, 0.717) is 0 Å². The van der Waals surface area contributed by atoms with Crippen molar-refractivity contribution in [2.45, 2.75) is 64.6 Å². The van der Waals surface area contributed by atoms with Crippen molar-refractivity contribution in [2.24, 2.45) is 5.92 Å². The van der Waals surface area contributed by atoms with E-state index in [1.807, 2.05) is 30.3 Å². The molecule has 0 aliphatic carbocycles. The molecule has 0 aliphatic rings. The normalized spacial score (nSPS) is 13.2. The van der Waals surface area contributed by atoms with Crippen molar-refractivity contribution >= 4 is 0 Å². The van der Waals surface area contributed by atoms with Gasteiger partial charge in [0.05, 0.1) is 14.2 Å². The fourth-order valence-electron chi connectivity index (χ4n) is 2.90. The largest absolute Gasteiger partial charge is 0.261 e. The zero-order valence-corrected chi connectivity index (χ0v) is 15.0. The van der Waals surface area contributed by atoms with Gasteiger partial charge in [0.15, 0.2) is 0 Å². The van der Waals surface area contributed by atoms with Gasteiger partial charge in [-0.1, -0.05) is 82.7 Å². The molecule has 4 nitrogen and oxygen atoms in total. The Hall–Kier alpha value is -0.940. The van der Waals surface area contributed by atoms with Crippen LogP contribution in [0.4, 0.5) is 0 Å². The van der Waals surface area contributed by atoms with E-state index in [2.05, 4.69) is 13.8 Å². The van der Waals surface area contributed by atoms with Crippen LogP contribution in [0.2, 0.25) is 0 Å². The third kappa shape index (κ3) is 6.22. The van der Waals surface area contributed by atoms with Gasteiger partial charge in [0.25, 0.3) is 5.79 Å². The van der Waals surface area contributed by atoms with Crippen LogP contribution in [0.3, 0.4) is 0 Å². The molecule has 4 heteroatoms. The topological polar surface area (TPSA) is 36.9 Å². The summed E-state index contributed by atoms with van der Waals surface area (Å²) in [6.45, 7) is 4.34. The molecular weight excluding hydrogens is 292 g/mol. The molecule has 0 radical (unpaired) electrons. The second-order valence-corrected chi connectivity index (χ2v) is 5.99. The monoisotopic (exact) mass is 324 g/mol. The quantitative estimate of drug-likeness (QED) is 0.211. The molecule has 1 rings (SSSR count). The summed E-state index contributed by atoms with van der Waals surface area (Å²) in [6, 6.07) is 9.82. The molecule has 0 bridgehead atoms. The van der Waals surface area contributed by atoms with Gasteiger partial charge >= 0.3 is 0 Å². The van der Waals surface area contributed by atoms with E-state index >= 15 is 0 Å². The Kier molecular flexibility index (Phi) is 10.1. The van der Waals surface area contributed by atoms with Gasteiger partial charge in [-0.05, 0) is 6.42 Å². The minimum Gasteiger partial charge on any atom is -0.237 e. The van der Waals surface area contributed by atoms with Gasteiger partial charge in [-0.3, -0.25) is 0 Å². The first-order chi connectivity index (χ1) is 11.2. The zero-order valence-electron chi connectivity index (χ0n) is 15.0. The lowest BCUT2D eigenvalue weighted by Gasteiger charge is -2.35. The molecule has 23 heavy (non-hydrogen) atoms. The van der Waals surface area contributed by atoms with Gasteiger partial charge in [0.1, 0.15) is 0 Å². The van der Waals surface area contributed by atoms with Crippen molar-refractivity contribution in [1.29, 1.82) is 0 Å². The predicted molar refractivity (Wildman–Crippen MR) is 91.5 cm³/mol. The highest BCUT2D eigenvalue weighted by Gasteiger charge is 2.43. The SMILES string of the molecule is CCCCCCCCC(C)C(OOC)(OOC)c1ccccc1. The number of benzene rings is 1. The third-order valence-electron chi connectivity index (χ3n) is 4.23. The molecule has 0 aromatic heterocycles. The molecular formula is C19H32O4. The van der Waals surface area contributed by atoms with E-state index < -0.39 is 5.79 Å². The smallest absolute Gasteiger partial charge is 0.237 e. The Labute approximate surface area is 140 Å². The summed E-state index contributed by atoms with van der Waals surface area (Å²) < 4.78 is 0. The van der Waals surface area contributed by atoms with Crippen molar-refractivity contribution in [3.8, 4) is 0 Å². The van der Waals surface area contributed by atoms with Gasteiger partial charge in [-0.2, -0.15) is 9.78 Å². The lowest BCUT2D eigenvalue weighted by Crippen LogP contribution is -2.39. The van der Waals surface area contributed by atoms with Gasteiger partial charge < -0.3 is 0 Å². The highest BCUT2D eigenvalue weighted by atomic mass is 17.3. The minimum atomic E-state index is -1.05. The zero-order chi connectivity index (χ0) is 17.0. The highest BCUT2D eigenvalue weighted by molar-refractivity contribution is 5.21. The maximum atomic E-state index is 5.57. The molecule has 0 spiro atoms. The molecule has 0 saturated heterocycles. The van der Waals surface area contributed by atoms with Crippen LogP contribution in [0.25, 0.3) is 0 Å². The number of rotatable bonds is 13. The van der Waals surface area contributed by atoms with Crippen LogP contribution in [0.15, 0.2) is 30.3 Å². The average molecular weight is 324 g/mol. The molecule has 0 heterocycles. The van der Waals surface area contributed by atoms with E-state index in [-0.39, 0.29) is 5.92 Å². The van der Waals surface area contributed by atoms with E-state index in [0.717, 1.165) is 18.4 Å². The van der Waals surface area contributed by atoms with Crippen molar-refractivity contribution < 1.29 is 19.6 Å². The van der Waals surface area contributed by atoms with Crippen molar-refractivity contribution in [2.75, 3.05) is 14.2 Å². The summed E-state index contributed by atoms with van der Waals surface area (Å²) >= 11 is 0. The van der Waals surface area contributed by atoms with Crippen LogP contribution >= 0.6 is 0 Å². The second kappa shape index (κ2) is 11.6. The maximum absolute atomic E-state index is 5.57. The molecule has 1 atom stereocenters. The van der Waals surface area contributed by atoms with Crippen LogP contribution in [-0.2, 0) is 25.3 Å². The Morgan fingerprint density at radius 1 is 0.870 bits per heavy atom. The van der Waals surface area contributed by atoms with E-state index in [1.54, 1.807) is 0 Å². The van der Waals surface area contributed by atoms with E-state index in [4.69, 9.17) is 19.6 Å². The minimum absolute atomic E-state index is 0.0935. The van der Waals surface area contributed by atoms with Crippen LogP contribution in [-0.4, -0.2) is 14.2 Å². The van der Waals surface area contributed by atoms with Crippen LogP contribution in [0.5, 0.6) is 0 Å².